The van der Waals surface area contributed by atoms with Gasteiger partial charge in [-0.15, -0.1) is 0 Å². The third-order valence-corrected chi connectivity index (χ3v) is 5.69. The second-order valence-electron chi connectivity index (χ2n) is 9.08. The maximum atomic E-state index is 12.9. The zero-order valence-electron chi connectivity index (χ0n) is 21.6. The van der Waals surface area contributed by atoms with Gasteiger partial charge in [-0.3, -0.25) is 9.59 Å². The molecule has 0 unspecified atom stereocenters. The van der Waals surface area contributed by atoms with Crippen molar-refractivity contribution >= 4 is 29.2 Å². The van der Waals surface area contributed by atoms with Crippen molar-refractivity contribution in [2.24, 2.45) is 5.92 Å². The van der Waals surface area contributed by atoms with E-state index in [1.807, 2.05) is 12.1 Å². The standard InChI is InChI=1S/C30H34ClNO5/c1-4-35-29(33)6-5-17-36-28-16-11-24(31)19-27(28)30(34)32-25-12-14-26(15-13-25)37-20-23-9-7-22(8-10-23)18-21(2)3/h7-16,19,21H,4-6,17-18,20H2,1-3H3,(H,32,34). The molecule has 0 aliphatic heterocycles. The third-order valence-electron chi connectivity index (χ3n) is 5.46. The van der Waals surface area contributed by atoms with Crippen molar-refractivity contribution in [3.63, 3.8) is 0 Å². The summed E-state index contributed by atoms with van der Waals surface area (Å²) in [5.41, 5.74) is 3.35. The second kappa shape index (κ2) is 14.3. The van der Waals surface area contributed by atoms with E-state index >= 15 is 0 Å². The molecule has 3 rings (SSSR count). The number of halogens is 1. The number of rotatable bonds is 13. The van der Waals surface area contributed by atoms with E-state index in [9.17, 15) is 9.59 Å². The van der Waals surface area contributed by atoms with Crippen LogP contribution in [0.4, 0.5) is 5.69 Å². The van der Waals surface area contributed by atoms with Gasteiger partial charge in [0.25, 0.3) is 5.91 Å². The minimum atomic E-state index is -0.349. The molecule has 0 radical (unpaired) electrons. The van der Waals surface area contributed by atoms with E-state index in [4.69, 9.17) is 25.8 Å². The van der Waals surface area contributed by atoms with Crippen LogP contribution in [0.2, 0.25) is 5.02 Å². The van der Waals surface area contributed by atoms with E-state index in [1.165, 1.54) is 5.56 Å². The van der Waals surface area contributed by atoms with Gasteiger partial charge in [0, 0.05) is 17.1 Å². The first kappa shape index (κ1) is 28.1. The Morgan fingerprint density at radius 2 is 1.62 bits per heavy atom. The minimum Gasteiger partial charge on any atom is -0.493 e. The summed E-state index contributed by atoms with van der Waals surface area (Å²) in [7, 11) is 0. The molecule has 1 amide bonds. The SMILES string of the molecule is CCOC(=O)CCCOc1ccc(Cl)cc1C(=O)Nc1ccc(OCc2ccc(CC(C)C)cc2)cc1. The average Bonchev–Trinajstić information content (AvgIpc) is 2.87. The van der Waals surface area contributed by atoms with Crippen molar-refractivity contribution in [2.75, 3.05) is 18.5 Å². The van der Waals surface area contributed by atoms with Crippen LogP contribution in [0.1, 0.15) is 55.1 Å². The predicted octanol–water partition coefficient (Wildman–Crippen LogP) is 7.09. The van der Waals surface area contributed by atoms with Gasteiger partial charge in [0.1, 0.15) is 18.1 Å². The highest BCUT2D eigenvalue weighted by Gasteiger charge is 2.14. The lowest BCUT2D eigenvalue weighted by molar-refractivity contribution is -0.143. The van der Waals surface area contributed by atoms with Gasteiger partial charge >= 0.3 is 5.97 Å². The van der Waals surface area contributed by atoms with Crippen LogP contribution in [0.5, 0.6) is 11.5 Å². The molecule has 0 fully saturated rings. The van der Waals surface area contributed by atoms with Crippen LogP contribution in [-0.4, -0.2) is 25.1 Å². The topological polar surface area (TPSA) is 73.9 Å². The van der Waals surface area contributed by atoms with Crippen molar-refractivity contribution in [3.8, 4) is 11.5 Å². The molecule has 0 atom stereocenters. The molecule has 0 aliphatic rings. The highest BCUT2D eigenvalue weighted by Crippen LogP contribution is 2.25. The maximum absolute atomic E-state index is 12.9. The van der Waals surface area contributed by atoms with Gasteiger partial charge in [0.05, 0.1) is 18.8 Å². The van der Waals surface area contributed by atoms with E-state index in [-0.39, 0.29) is 24.9 Å². The Balaban J connectivity index is 1.53. The number of anilines is 1. The van der Waals surface area contributed by atoms with Gasteiger partial charge < -0.3 is 19.5 Å². The zero-order valence-corrected chi connectivity index (χ0v) is 22.3. The fourth-order valence-corrected chi connectivity index (χ4v) is 3.85. The number of hydrogen-bond acceptors (Lipinski definition) is 5. The summed E-state index contributed by atoms with van der Waals surface area (Å²) in [5.74, 6) is 1.11. The smallest absolute Gasteiger partial charge is 0.305 e. The summed E-state index contributed by atoms with van der Waals surface area (Å²) in [6.45, 7) is 7.27. The fraction of sp³-hybridized carbons (Fsp3) is 0.333. The quantitative estimate of drug-likeness (QED) is 0.191. The van der Waals surface area contributed by atoms with Gasteiger partial charge in [-0.1, -0.05) is 49.7 Å². The van der Waals surface area contributed by atoms with Crippen LogP contribution in [0.15, 0.2) is 66.7 Å². The number of nitrogens with one attached hydrogen (secondary N) is 1. The first-order chi connectivity index (χ1) is 17.8. The van der Waals surface area contributed by atoms with Crippen molar-refractivity contribution in [1.82, 2.24) is 0 Å². The van der Waals surface area contributed by atoms with Crippen LogP contribution in [0.25, 0.3) is 0 Å². The van der Waals surface area contributed by atoms with Crippen LogP contribution >= 0.6 is 11.6 Å². The Bertz CT molecular complexity index is 1160. The summed E-state index contributed by atoms with van der Waals surface area (Å²) >= 11 is 6.12. The number of amides is 1. The molecule has 7 heteroatoms. The Labute approximate surface area is 223 Å². The van der Waals surface area contributed by atoms with Gasteiger partial charge in [-0.05, 0) is 79.3 Å². The Morgan fingerprint density at radius 1 is 0.919 bits per heavy atom. The number of benzene rings is 3. The minimum absolute atomic E-state index is 0.251. The van der Waals surface area contributed by atoms with E-state index in [1.54, 1.807) is 37.3 Å². The van der Waals surface area contributed by atoms with Crippen LogP contribution in [0.3, 0.4) is 0 Å². The molecule has 0 saturated carbocycles. The molecular formula is C30H34ClNO5. The van der Waals surface area contributed by atoms with E-state index < -0.39 is 0 Å². The van der Waals surface area contributed by atoms with Crippen molar-refractivity contribution in [2.45, 2.75) is 46.6 Å². The second-order valence-corrected chi connectivity index (χ2v) is 9.52. The number of carbonyl (C=O) groups excluding carboxylic acids is 2. The highest BCUT2D eigenvalue weighted by molar-refractivity contribution is 6.31. The molecule has 0 aliphatic carbocycles. The van der Waals surface area contributed by atoms with Crippen molar-refractivity contribution in [1.29, 1.82) is 0 Å². The summed E-state index contributed by atoms with van der Waals surface area (Å²) in [6.07, 6.45) is 1.79. The first-order valence-electron chi connectivity index (χ1n) is 12.5. The molecule has 3 aromatic carbocycles. The summed E-state index contributed by atoms with van der Waals surface area (Å²) in [5, 5.41) is 3.29. The molecule has 0 bridgehead atoms. The van der Waals surface area contributed by atoms with E-state index in [0.717, 1.165) is 12.0 Å². The van der Waals surface area contributed by atoms with Crippen molar-refractivity contribution < 1.29 is 23.8 Å². The lowest BCUT2D eigenvalue weighted by Crippen LogP contribution is -2.14. The average molecular weight is 524 g/mol. The van der Waals surface area contributed by atoms with Crippen LogP contribution in [0, 0.1) is 5.92 Å². The van der Waals surface area contributed by atoms with Crippen molar-refractivity contribution in [3.05, 3.63) is 88.4 Å². The number of hydrogen-bond donors (Lipinski definition) is 1. The van der Waals surface area contributed by atoms with Gasteiger partial charge in [-0.25, -0.2) is 0 Å². The largest absolute Gasteiger partial charge is 0.493 e. The summed E-state index contributed by atoms with van der Waals surface area (Å²) in [6, 6.07) is 20.5. The summed E-state index contributed by atoms with van der Waals surface area (Å²) in [4.78, 5) is 24.4. The van der Waals surface area contributed by atoms with Gasteiger partial charge in [0.2, 0.25) is 0 Å². The Hall–Kier alpha value is -3.51. The molecule has 196 valence electrons. The molecule has 6 nitrogen and oxygen atoms in total. The number of esters is 1. The summed E-state index contributed by atoms with van der Waals surface area (Å²) < 4.78 is 16.6. The lowest BCUT2D eigenvalue weighted by Gasteiger charge is -2.13. The fourth-order valence-electron chi connectivity index (χ4n) is 3.68. The number of carbonyl (C=O) groups is 2. The van der Waals surface area contributed by atoms with E-state index in [2.05, 4.69) is 43.4 Å². The molecular weight excluding hydrogens is 490 g/mol. The first-order valence-corrected chi connectivity index (χ1v) is 12.9. The molecule has 0 saturated heterocycles. The Morgan fingerprint density at radius 3 is 2.30 bits per heavy atom. The van der Waals surface area contributed by atoms with Gasteiger partial charge in [-0.2, -0.15) is 0 Å². The molecule has 1 N–H and O–H groups in total. The zero-order chi connectivity index (χ0) is 26.6. The molecule has 3 aromatic rings. The monoisotopic (exact) mass is 523 g/mol. The molecule has 0 aromatic heterocycles. The predicted molar refractivity (Wildman–Crippen MR) is 147 cm³/mol. The molecule has 0 spiro atoms. The highest BCUT2D eigenvalue weighted by atomic mass is 35.5. The maximum Gasteiger partial charge on any atom is 0.305 e. The van der Waals surface area contributed by atoms with Gasteiger partial charge in [0.15, 0.2) is 0 Å². The normalized spacial score (nSPS) is 10.7. The van der Waals surface area contributed by atoms with E-state index in [0.29, 0.717) is 53.3 Å². The number of ether oxygens (including phenoxy) is 3. The molecule has 0 heterocycles. The van der Waals surface area contributed by atoms with Crippen LogP contribution in [-0.2, 0) is 22.6 Å². The third kappa shape index (κ3) is 9.47. The Kier molecular flexibility index (Phi) is 10.8. The lowest BCUT2D eigenvalue weighted by atomic mass is 10.0. The molecule has 37 heavy (non-hydrogen) atoms. The van der Waals surface area contributed by atoms with Crippen LogP contribution < -0.4 is 14.8 Å².